The highest BCUT2D eigenvalue weighted by atomic mass is 35.5. The summed E-state index contributed by atoms with van der Waals surface area (Å²) in [5.41, 5.74) is 0.757. The zero-order valence-electron chi connectivity index (χ0n) is 5.29. The summed E-state index contributed by atoms with van der Waals surface area (Å²) in [7, 11) is 0. The Morgan fingerprint density at radius 2 is 2.40 bits per heavy atom. The fourth-order valence-electron chi connectivity index (χ4n) is 0.521. The Morgan fingerprint density at radius 1 is 1.80 bits per heavy atom. The summed E-state index contributed by atoms with van der Waals surface area (Å²) in [5, 5.41) is 8.30. The number of aromatic nitrogens is 2. The second-order valence-corrected chi connectivity index (χ2v) is 1.72. The fourth-order valence-corrected chi connectivity index (χ4v) is 0.521. The molecule has 0 aliphatic heterocycles. The van der Waals surface area contributed by atoms with Gasteiger partial charge in [-0.05, 0) is 6.92 Å². The quantitative estimate of drug-likeness (QED) is 0.643. The molecule has 0 spiro atoms. The van der Waals surface area contributed by atoms with E-state index in [-0.39, 0.29) is 18.2 Å². The Labute approximate surface area is 63.7 Å². The molecular weight excluding hydrogens is 156 g/mol. The number of carboxylic acid groups (broad SMARTS) is 1. The molecular formula is C5H7ClN2O2. The largest absolute Gasteiger partial charge is 0.475 e. The van der Waals surface area contributed by atoms with Crippen molar-refractivity contribution >= 4 is 18.4 Å². The van der Waals surface area contributed by atoms with Crippen molar-refractivity contribution in [2.75, 3.05) is 0 Å². The number of nitrogens with zero attached hydrogens (tertiary/aromatic N) is 1. The highest BCUT2D eigenvalue weighted by molar-refractivity contribution is 5.85. The maximum Gasteiger partial charge on any atom is 0.371 e. The van der Waals surface area contributed by atoms with Crippen LogP contribution in [0.5, 0.6) is 0 Å². The molecule has 4 nitrogen and oxygen atoms in total. The van der Waals surface area contributed by atoms with Gasteiger partial charge in [0.05, 0.1) is 0 Å². The maximum absolute atomic E-state index is 10.1. The molecule has 0 atom stereocenters. The Kier molecular flexibility index (Phi) is 2.89. The zero-order chi connectivity index (χ0) is 6.85. The lowest BCUT2D eigenvalue weighted by atomic mass is 10.6. The summed E-state index contributed by atoms with van der Waals surface area (Å²) in [6.07, 6.45) is 1.48. The minimum atomic E-state index is -1.02. The lowest BCUT2D eigenvalue weighted by Crippen LogP contribution is -1.97. The Balaban J connectivity index is 0.000000810. The first-order valence-corrected chi connectivity index (χ1v) is 2.45. The van der Waals surface area contributed by atoms with E-state index in [0.717, 1.165) is 5.69 Å². The van der Waals surface area contributed by atoms with Crippen LogP contribution in [0.1, 0.15) is 16.3 Å². The minimum absolute atomic E-state index is 0. The molecule has 2 N–H and O–H groups in total. The Hall–Kier alpha value is -1.03. The number of imidazole rings is 1. The van der Waals surface area contributed by atoms with E-state index in [4.69, 9.17) is 5.11 Å². The van der Waals surface area contributed by atoms with Crippen molar-refractivity contribution < 1.29 is 9.90 Å². The van der Waals surface area contributed by atoms with Crippen LogP contribution in [0.4, 0.5) is 0 Å². The Morgan fingerprint density at radius 3 is 2.60 bits per heavy atom. The first-order chi connectivity index (χ1) is 4.20. The first kappa shape index (κ1) is 8.97. The van der Waals surface area contributed by atoms with E-state index >= 15 is 0 Å². The lowest BCUT2D eigenvalue weighted by Gasteiger charge is -1.81. The number of aryl methyl sites for hydroxylation is 1. The van der Waals surface area contributed by atoms with Gasteiger partial charge in [-0.1, -0.05) is 0 Å². The van der Waals surface area contributed by atoms with Crippen LogP contribution < -0.4 is 0 Å². The summed E-state index contributed by atoms with van der Waals surface area (Å²) < 4.78 is 0. The number of halogens is 1. The molecule has 0 bridgehead atoms. The molecule has 1 aromatic rings. The van der Waals surface area contributed by atoms with Gasteiger partial charge < -0.3 is 10.1 Å². The van der Waals surface area contributed by atoms with Crippen molar-refractivity contribution in [1.82, 2.24) is 9.97 Å². The average Bonchev–Trinajstić information content (AvgIpc) is 2.14. The van der Waals surface area contributed by atoms with Crippen LogP contribution >= 0.6 is 12.4 Å². The predicted octanol–water partition coefficient (Wildman–Crippen LogP) is 0.838. The number of hydrogen-bond acceptors (Lipinski definition) is 2. The van der Waals surface area contributed by atoms with Crippen LogP contribution in [0.25, 0.3) is 0 Å². The standard InChI is InChI=1S/C5H6N2O2.ClH/c1-3-2-6-4(7-3)5(8)9;/h2H,1H3,(H,6,7)(H,8,9);1H. The van der Waals surface area contributed by atoms with Crippen molar-refractivity contribution in [2.45, 2.75) is 6.92 Å². The number of nitrogens with one attached hydrogen (secondary N) is 1. The van der Waals surface area contributed by atoms with Gasteiger partial charge in [0.2, 0.25) is 5.82 Å². The molecule has 5 heteroatoms. The third-order valence-electron chi connectivity index (χ3n) is 0.905. The van der Waals surface area contributed by atoms with Gasteiger partial charge >= 0.3 is 5.97 Å². The van der Waals surface area contributed by atoms with E-state index in [1.54, 1.807) is 6.92 Å². The summed E-state index contributed by atoms with van der Waals surface area (Å²) in [6.45, 7) is 1.75. The van der Waals surface area contributed by atoms with Crippen LogP contribution in [-0.2, 0) is 0 Å². The monoisotopic (exact) mass is 162 g/mol. The highest BCUT2D eigenvalue weighted by Crippen LogP contribution is 1.92. The molecule has 0 saturated heterocycles. The summed E-state index contributed by atoms with van der Waals surface area (Å²) in [6, 6.07) is 0. The molecule has 0 unspecified atom stereocenters. The van der Waals surface area contributed by atoms with Gasteiger partial charge in [0.15, 0.2) is 0 Å². The van der Waals surface area contributed by atoms with Gasteiger partial charge in [-0.2, -0.15) is 0 Å². The van der Waals surface area contributed by atoms with Crippen LogP contribution in [0, 0.1) is 6.92 Å². The topological polar surface area (TPSA) is 66.0 Å². The van der Waals surface area contributed by atoms with Gasteiger partial charge in [0, 0.05) is 11.9 Å². The highest BCUT2D eigenvalue weighted by Gasteiger charge is 2.03. The molecule has 0 amide bonds. The molecule has 1 aromatic heterocycles. The number of aromatic carboxylic acids is 1. The lowest BCUT2D eigenvalue weighted by molar-refractivity contribution is 0.0684. The number of H-pyrrole nitrogens is 1. The van der Waals surface area contributed by atoms with Crippen LogP contribution in [0.3, 0.4) is 0 Å². The maximum atomic E-state index is 10.1. The van der Waals surface area contributed by atoms with Crippen LogP contribution in [0.2, 0.25) is 0 Å². The molecule has 0 radical (unpaired) electrons. The Bertz CT molecular complexity index is 233. The third kappa shape index (κ3) is 1.73. The molecule has 10 heavy (non-hydrogen) atoms. The third-order valence-corrected chi connectivity index (χ3v) is 0.905. The summed E-state index contributed by atoms with van der Waals surface area (Å²) >= 11 is 0. The molecule has 0 saturated carbocycles. The first-order valence-electron chi connectivity index (χ1n) is 2.45. The van der Waals surface area contributed by atoms with Crippen LogP contribution in [0.15, 0.2) is 6.20 Å². The second kappa shape index (κ2) is 3.22. The fraction of sp³-hybridized carbons (Fsp3) is 0.200. The minimum Gasteiger partial charge on any atom is -0.475 e. The van der Waals surface area contributed by atoms with Gasteiger partial charge in [-0.15, -0.1) is 12.4 Å². The normalized spacial score (nSPS) is 8.50. The number of hydrogen-bond donors (Lipinski definition) is 2. The second-order valence-electron chi connectivity index (χ2n) is 1.72. The van der Waals surface area contributed by atoms with Crippen molar-refractivity contribution in [2.24, 2.45) is 0 Å². The number of aromatic amines is 1. The zero-order valence-corrected chi connectivity index (χ0v) is 6.10. The van der Waals surface area contributed by atoms with Gasteiger partial charge in [-0.3, -0.25) is 0 Å². The SMILES string of the molecule is Cc1cnc(C(=O)O)[nH]1.Cl. The van der Waals surface area contributed by atoms with Gasteiger partial charge in [-0.25, -0.2) is 9.78 Å². The number of rotatable bonds is 1. The molecule has 56 valence electrons. The van der Waals surface area contributed by atoms with E-state index in [9.17, 15) is 4.79 Å². The predicted molar refractivity (Wildman–Crippen MR) is 37.5 cm³/mol. The van der Waals surface area contributed by atoms with Crippen LogP contribution in [-0.4, -0.2) is 21.0 Å². The van der Waals surface area contributed by atoms with Gasteiger partial charge in [0.1, 0.15) is 0 Å². The molecule has 0 aliphatic carbocycles. The van der Waals surface area contributed by atoms with Gasteiger partial charge in [0.25, 0.3) is 0 Å². The van der Waals surface area contributed by atoms with Crippen molar-refractivity contribution in [3.8, 4) is 0 Å². The summed E-state index contributed by atoms with van der Waals surface area (Å²) in [5.74, 6) is -1.03. The molecule has 1 rings (SSSR count). The van der Waals surface area contributed by atoms with E-state index < -0.39 is 5.97 Å². The van der Waals surface area contributed by atoms with Crippen molar-refractivity contribution in [1.29, 1.82) is 0 Å². The van der Waals surface area contributed by atoms with Crippen molar-refractivity contribution in [3.63, 3.8) is 0 Å². The summed E-state index contributed by atoms with van der Waals surface area (Å²) in [4.78, 5) is 16.2. The number of carbonyl (C=O) groups is 1. The van der Waals surface area contributed by atoms with Crippen molar-refractivity contribution in [3.05, 3.63) is 17.7 Å². The molecule has 0 aliphatic rings. The van der Waals surface area contributed by atoms with E-state index in [1.165, 1.54) is 6.20 Å². The van der Waals surface area contributed by atoms with E-state index in [1.807, 2.05) is 0 Å². The smallest absolute Gasteiger partial charge is 0.371 e. The van der Waals surface area contributed by atoms with E-state index in [0.29, 0.717) is 0 Å². The van der Waals surface area contributed by atoms with E-state index in [2.05, 4.69) is 9.97 Å². The molecule has 0 aromatic carbocycles. The number of carboxylic acids is 1. The molecule has 0 fully saturated rings. The molecule has 1 heterocycles. The average molecular weight is 163 g/mol.